The van der Waals surface area contributed by atoms with E-state index in [4.69, 9.17) is 10.5 Å². The van der Waals surface area contributed by atoms with E-state index in [0.717, 1.165) is 17.0 Å². The summed E-state index contributed by atoms with van der Waals surface area (Å²) in [4.78, 5) is 12.4. The van der Waals surface area contributed by atoms with E-state index in [9.17, 15) is 4.79 Å². The molecular formula is C17H23N3O2. The summed E-state index contributed by atoms with van der Waals surface area (Å²) in [6, 6.07) is 8.75. The number of aryl methyl sites for hydroxylation is 1. The van der Waals surface area contributed by atoms with Crippen LogP contribution in [0.5, 0.6) is 5.75 Å². The van der Waals surface area contributed by atoms with Gasteiger partial charge in [-0.25, -0.2) is 4.68 Å². The van der Waals surface area contributed by atoms with Crippen LogP contribution in [0, 0.1) is 0 Å². The molecule has 2 aromatic rings. The summed E-state index contributed by atoms with van der Waals surface area (Å²) < 4.78 is 6.51. The molecule has 0 amide bonds. The van der Waals surface area contributed by atoms with Gasteiger partial charge in [0.1, 0.15) is 5.75 Å². The van der Waals surface area contributed by atoms with E-state index in [1.165, 1.54) is 4.68 Å². The lowest BCUT2D eigenvalue weighted by atomic mass is 9.90. The standard InChI is InChI=1S/C17H23N3O2/c1-17(2,3)14-10-13(16(21)20(4)19-14)15(18)11-6-8-12(22-5)9-7-11/h6-10,15H,18H2,1-5H3. The van der Waals surface area contributed by atoms with Crippen molar-refractivity contribution in [3.63, 3.8) is 0 Å². The number of hydrogen-bond donors (Lipinski definition) is 1. The molecule has 0 spiro atoms. The van der Waals surface area contributed by atoms with Crippen LogP contribution in [-0.2, 0) is 12.5 Å². The third-order valence-corrected chi connectivity index (χ3v) is 3.67. The van der Waals surface area contributed by atoms with Crippen molar-refractivity contribution in [2.75, 3.05) is 7.11 Å². The molecule has 0 saturated heterocycles. The Labute approximate surface area is 130 Å². The molecule has 0 saturated carbocycles. The molecule has 5 heteroatoms. The summed E-state index contributed by atoms with van der Waals surface area (Å²) in [7, 11) is 3.27. The number of methoxy groups -OCH3 is 1. The molecule has 0 radical (unpaired) electrons. The quantitative estimate of drug-likeness (QED) is 0.943. The van der Waals surface area contributed by atoms with Gasteiger partial charge < -0.3 is 10.5 Å². The minimum Gasteiger partial charge on any atom is -0.497 e. The lowest BCUT2D eigenvalue weighted by Crippen LogP contribution is -2.32. The lowest BCUT2D eigenvalue weighted by Gasteiger charge is -2.21. The van der Waals surface area contributed by atoms with Crippen LogP contribution in [-0.4, -0.2) is 16.9 Å². The number of nitrogens with zero attached hydrogens (tertiary/aromatic N) is 2. The second-order valence-electron chi connectivity index (χ2n) is 6.41. The first-order valence-electron chi connectivity index (χ1n) is 7.22. The second-order valence-corrected chi connectivity index (χ2v) is 6.41. The molecule has 2 rings (SSSR count). The summed E-state index contributed by atoms with van der Waals surface area (Å²) in [5.74, 6) is 0.758. The maximum atomic E-state index is 12.4. The fraction of sp³-hybridized carbons (Fsp3) is 0.412. The zero-order chi connectivity index (χ0) is 16.5. The lowest BCUT2D eigenvalue weighted by molar-refractivity contribution is 0.414. The highest BCUT2D eigenvalue weighted by Crippen LogP contribution is 2.24. The Hall–Kier alpha value is -2.14. The fourth-order valence-electron chi connectivity index (χ4n) is 2.21. The Morgan fingerprint density at radius 3 is 2.32 bits per heavy atom. The molecule has 22 heavy (non-hydrogen) atoms. The predicted octanol–water partition coefficient (Wildman–Crippen LogP) is 2.13. The molecule has 0 aliphatic rings. The van der Waals surface area contributed by atoms with Gasteiger partial charge in [-0.2, -0.15) is 5.10 Å². The first kappa shape index (κ1) is 16.2. The molecule has 0 fully saturated rings. The van der Waals surface area contributed by atoms with Crippen LogP contribution < -0.4 is 16.0 Å². The van der Waals surface area contributed by atoms with Gasteiger partial charge in [0.15, 0.2) is 0 Å². The van der Waals surface area contributed by atoms with E-state index >= 15 is 0 Å². The van der Waals surface area contributed by atoms with E-state index in [-0.39, 0.29) is 11.0 Å². The third-order valence-electron chi connectivity index (χ3n) is 3.67. The van der Waals surface area contributed by atoms with Crippen molar-refractivity contribution in [2.45, 2.75) is 32.2 Å². The molecule has 2 N–H and O–H groups in total. The van der Waals surface area contributed by atoms with Crippen molar-refractivity contribution in [2.24, 2.45) is 12.8 Å². The average molecular weight is 301 g/mol. The molecule has 5 nitrogen and oxygen atoms in total. The number of hydrogen-bond acceptors (Lipinski definition) is 4. The van der Waals surface area contributed by atoms with Gasteiger partial charge >= 0.3 is 0 Å². The Balaban J connectivity index is 2.50. The SMILES string of the molecule is COc1ccc(C(N)c2cc(C(C)(C)C)nn(C)c2=O)cc1. The number of ether oxygens (including phenoxy) is 1. The van der Waals surface area contributed by atoms with E-state index in [2.05, 4.69) is 25.9 Å². The smallest absolute Gasteiger partial charge is 0.271 e. The average Bonchev–Trinajstić information content (AvgIpc) is 2.48. The third kappa shape index (κ3) is 3.20. The van der Waals surface area contributed by atoms with Crippen LogP contribution in [0.1, 0.15) is 43.6 Å². The molecule has 0 aliphatic carbocycles. The summed E-state index contributed by atoms with van der Waals surface area (Å²) in [6.45, 7) is 6.17. The number of aromatic nitrogens is 2. The molecule has 1 unspecified atom stereocenters. The Bertz CT molecular complexity index is 712. The van der Waals surface area contributed by atoms with Gasteiger partial charge in [-0.15, -0.1) is 0 Å². The summed E-state index contributed by atoms with van der Waals surface area (Å²) in [5, 5.41) is 4.34. The first-order valence-corrected chi connectivity index (χ1v) is 7.22. The van der Waals surface area contributed by atoms with Crippen LogP contribution in [0.2, 0.25) is 0 Å². The highest BCUT2D eigenvalue weighted by Gasteiger charge is 2.21. The van der Waals surface area contributed by atoms with Gasteiger partial charge in [0.05, 0.1) is 18.8 Å². The van der Waals surface area contributed by atoms with Crippen molar-refractivity contribution in [3.8, 4) is 5.75 Å². The van der Waals surface area contributed by atoms with Gasteiger partial charge in [0.25, 0.3) is 5.56 Å². The molecule has 0 aliphatic heterocycles. The van der Waals surface area contributed by atoms with Gasteiger partial charge in [0.2, 0.25) is 0 Å². The van der Waals surface area contributed by atoms with Gasteiger partial charge in [-0.3, -0.25) is 4.79 Å². The highest BCUT2D eigenvalue weighted by atomic mass is 16.5. The van der Waals surface area contributed by atoms with Gasteiger partial charge in [-0.05, 0) is 23.8 Å². The molecule has 1 heterocycles. The fourth-order valence-corrected chi connectivity index (χ4v) is 2.21. The highest BCUT2D eigenvalue weighted by molar-refractivity contribution is 5.35. The second kappa shape index (κ2) is 5.93. The molecule has 1 aromatic carbocycles. The zero-order valence-corrected chi connectivity index (χ0v) is 13.8. The van der Waals surface area contributed by atoms with Crippen molar-refractivity contribution in [1.82, 2.24) is 9.78 Å². The molecular weight excluding hydrogens is 278 g/mol. The van der Waals surface area contributed by atoms with E-state index in [0.29, 0.717) is 5.56 Å². The minimum atomic E-state index is -0.492. The summed E-state index contributed by atoms with van der Waals surface area (Å²) >= 11 is 0. The van der Waals surface area contributed by atoms with Crippen molar-refractivity contribution in [1.29, 1.82) is 0 Å². The molecule has 0 bridgehead atoms. The topological polar surface area (TPSA) is 70.1 Å². The maximum absolute atomic E-state index is 12.4. The number of nitrogens with two attached hydrogens (primary N) is 1. The summed E-state index contributed by atoms with van der Waals surface area (Å²) in [6.07, 6.45) is 0. The number of benzene rings is 1. The molecule has 118 valence electrons. The monoisotopic (exact) mass is 301 g/mol. The van der Waals surface area contributed by atoms with Crippen molar-refractivity contribution in [3.05, 3.63) is 57.5 Å². The molecule has 1 aromatic heterocycles. The number of rotatable bonds is 3. The Kier molecular flexibility index (Phi) is 4.37. The van der Waals surface area contributed by atoms with Crippen LogP contribution in [0.25, 0.3) is 0 Å². The van der Waals surface area contributed by atoms with E-state index in [1.54, 1.807) is 14.2 Å². The maximum Gasteiger partial charge on any atom is 0.271 e. The van der Waals surface area contributed by atoms with Crippen molar-refractivity contribution >= 4 is 0 Å². The van der Waals surface area contributed by atoms with E-state index in [1.807, 2.05) is 30.3 Å². The molecule has 1 atom stereocenters. The van der Waals surface area contributed by atoms with Gasteiger partial charge in [0, 0.05) is 18.0 Å². The summed E-state index contributed by atoms with van der Waals surface area (Å²) in [5.41, 5.74) is 8.24. The zero-order valence-electron chi connectivity index (χ0n) is 13.8. The van der Waals surface area contributed by atoms with Crippen LogP contribution in [0.3, 0.4) is 0 Å². The van der Waals surface area contributed by atoms with Crippen LogP contribution in [0.15, 0.2) is 35.1 Å². The van der Waals surface area contributed by atoms with Gasteiger partial charge in [-0.1, -0.05) is 32.9 Å². The van der Waals surface area contributed by atoms with Crippen molar-refractivity contribution < 1.29 is 4.74 Å². The Morgan fingerprint density at radius 2 is 1.82 bits per heavy atom. The minimum absolute atomic E-state index is 0.153. The normalized spacial score (nSPS) is 13.0. The van der Waals surface area contributed by atoms with E-state index < -0.39 is 6.04 Å². The Morgan fingerprint density at radius 1 is 1.23 bits per heavy atom. The van der Waals surface area contributed by atoms with Crippen LogP contribution >= 0.6 is 0 Å². The first-order chi connectivity index (χ1) is 10.2. The predicted molar refractivity (Wildman–Crippen MR) is 87.2 cm³/mol. The van der Waals surface area contributed by atoms with Crippen LogP contribution in [0.4, 0.5) is 0 Å². The largest absolute Gasteiger partial charge is 0.497 e.